The van der Waals surface area contributed by atoms with Gasteiger partial charge in [-0.05, 0) is 36.6 Å². The fourth-order valence-corrected chi connectivity index (χ4v) is 2.22. The van der Waals surface area contributed by atoms with E-state index in [0.717, 1.165) is 12.8 Å². The van der Waals surface area contributed by atoms with Gasteiger partial charge in [0.25, 0.3) is 0 Å². The number of aliphatic hydroxyl groups excluding tert-OH is 1. The van der Waals surface area contributed by atoms with Crippen LogP contribution in [0, 0.1) is 17.3 Å². The number of rotatable bonds is 8. The van der Waals surface area contributed by atoms with Crippen LogP contribution in [0.1, 0.15) is 53.9 Å². The number of nitrogens with one attached hydrogen (secondary N) is 1. The second kappa shape index (κ2) is 8.54. The van der Waals surface area contributed by atoms with E-state index < -0.39 is 0 Å². The lowest BCUT2D eigenvalue weighted by atomic mass is 9.76. The van der Waals surface area contributed by atoms with E-state index in [9.17, 15) is 9.90 Å². The molecule has 4 heteroatoms. The summed E-state index contributed by atoms with van der Waals surface area (Å²) in [5, 5.41) is 12.1. The Kier molecular flexibility index (Phi) is 8.26. The highest BCUT2D eigenvalue weighted by atomic mass is 16.3. The molecule has 0 aliphatic carbocycles. The number of nitrogens with two attached hydrogens (primary N) is 1. The minimum absolute atomic E-state index is 0.00505. The molecule has 0 saturated heterocycles. The Bertz CT molecular complexity index is 259. The summed E-state index contributed by atoms with van der Waals surface area (Å²) in [6.07, 6.45) is 2.30. The van der Waals surface area contributed by atoms with Crippen molar-refractivity contribution in [3.05, 3.63) is 0 Å². The summed E-state index contributed by atoms with van der Waals surface area (Å²) in [7, 11) is 0. The number of aliphatic hydroxyl groups is 1. The Morgan fingerprint density at radius 1 is 1.26 bits per heavy atom. The van der Waals surface area contributed by atoms with Crippen molar-refractivity contribution in [1.82, 2.24) is 5.32 Å². The van der Waals surface area contributed by atoms with E-state index >= 15 is 0 Å². The lowest BCUT2D eigenvalue weighted by Crippen LogP contribution is -2.41. The van der Waals surface area contributed by atoms with Crippen LogP contribution >= 0.6 is 0 Å². The van der Waals surface area contributed by atoms with Crippen molar-refractivity contribution < 1.29 is 9.90 Å². The summed E-state index contributed by atoms with van der Waals surface area (Å²) in [5.74, 6) is 0.727. The highest BCUT2D eigenvalue weighted by Crippen LogP contribution is 2.32. The van der Waals surface area contributed by atoms with Gasteiger partial charge in [-0.15, -0.1) is 0 Å². The Morgan fingerprint density at radius 3 is 2.21 bits per heavy atom. The highest BCUT2D eigenvalue weighted by Gasteiger charge is 2.25. The average Bonchev–Trinajstić information content (AvgIpc) is 2.29. The van der Waals surface area contributed by atoms with Crippen molar-refractivity contribution in [3.63, 3.8) is 0 Å². The predicted octanol–water partition coefficient (Wildman–Crippen LogP) is 1.91. The molecular formula is C15H32N2O2. The lowest BCUT2D eigenvalue weighted by Gasteiger charge is -2.30. The van der Waals surface area contributed by atoms with Crippen molar-refractivity contribution in [2.24, 2.45) is 23.0 Å². The molecule has 0 bridgehead atoms. The van der Waals surface area contributed by atoms with Gasteiger partial charge in [0.15, 0.2) is 0 Å². The van der Waals surface area contributed by atoms with Crippen LogP contribution in [-0.4, -0.2) is 30.2 Å². The van der Waals surface area contributed by atoms with Crippen LogP contribution in [0.5, 0.6) is 0 Å². The lowest BCUT2D eigenvalue weighted by molar-refractivity contribution is -0.122. The second-order valence-corrected chi connectivity index (χ2v) is 6.78. The maximum absolute atomic E-state index is 11.9. The van der Waals surface area contributed by atoms with Crippen molar-refractivity contribution in [2.45, 2.75) is 59.9 Å². The smallest absolute Gasteiger partial charge is 0.220 e. The summed E-state index contributed by atoms with van der Waals surface area (Å²) in [6, 6.07) is -0.143. The zero-order valence-corrected chi connectivity index (χ0v) is 13.2. The van der Waals surface area contributed by atoms with Crippen molar-refractivity contribution in [1.29, 1.82) is 0 Å². The molecule has 0 heterocycles. The van der Waals surface area contributed by atoms with Gasteiger partial charge in [-0.25, -0.2) is 0 Å². The van der Waals surface area contributed by atoms with Gasteiger partial charge < -0.3 is 16.2 Å². The first kappa shape index (κ1) is 18.4. The molecule has 0 aliphatic rings. The quantitative estimate of drug-likeness (QED) is 0.632. The first-order valence-corrected chi connectivity index (χ1v) is 7.32. The summed E-state index contributed by atoms with van der Waals surface area (Å²) in [5.41, 5.74) is 5.82. The van der Waals surface area contributed by atoms with Gasteiger partial charge >= 0.3 is 0 Å². The van der Waals surface area contributed by atoms with Crippen LogP contribution in [0.15, 0.2) is 0 Å². The van der Waals surface area contributed by atoms with E-state index in [1.807, 2.05) is 13.8 Å². The molecular weight excluding hydrogens is 240 g/mol. The minimum Gasteiger partial charge on any atom is -0.394 e. The predicted molar refractivity (Wildman–Crippen MR) is 79.7 cm³/mol. The molecule has 19 heavy (non-hydrogen) atoms. The van der Waals surface area contributed by atoms with Gasteiger partial charge in [-0.2, -0.15) is 0 Å². The fourth-order valence-electron chi connectivity index (χ4n) is 2.22. The van der Waals surface area contributed by atoms with Crippen LogP contribution in [-0.2, 0) is 4.79 Å². The van der Waals surface area contributed by atoms with Crippen LogP contribution in [0.4, 0.5) is 0 Å². The van der Waals surface area contributed by atoms with E-state index in [4.69, 9.17) is 5.73 Å². The Hall–Kier alpha value is -0.610. The van der Waals surface area contributed by atoms with Gasteiger partial charge in [0.2, 0.25) is 5.91 Å². The second-order valence-electron chi connectivity index (χ2n) is 6.78. The monoisotopic (exact) mass is 272 g/mol. The van der Waals surface area contributed by atoms with E-state index in [1.165, 1.54) is 0 Å². The molecule has 0 aliphatic heterocycles. The number of carbonyl (C=O) groups excluding carboxylic acids is 1. The maximum Gasteiger partial charge on any atom is 0.220 e. The van der Waals surface area contributed by atoms with Gasteiger partial charge in [0.1, 0.15) is 0 Å². The molecule has 0 aromatic heterocycles. The molecule has 4 nitrogen and oxygen atoms in total. The summed E-state index contributed by atoms with van der Waals surface area (Å²) in [4.78, 5) is 11.9. The highest BCUT2D eigenvalue weighted by molar-refractivity contribution is 5.76. The van der Waals surface area contributed by atoms with Crippen LogP contribution in [0.25, 0.3) is 0 Å². The molecule has 2 atom stereocenters. The normalized spacial score (nSPS) is 15.4. The van der Waals surface area contributed by atoms with Crippen molar-refractivity contribution >= 4 is 5.91 Å². The molecule has 4 N–H and O–H groups in total. The number of amides is 1. The minimum atomic E-state index is -0.143. The van der Waals surface area contributed by atoms with Gasteiger partial charge in [-0.3, -0.25) is 4.79 Å². The topological polar surface area (TPSA) is 75.3 Å². The van der Waals surface area contributed by atoms with E-state index in [1.54, 1.807) is 0 Å². The fraction of sp³-hybridized carbons (Fsp3) is 0.933. The Balaban J connectivity index is 4.26. The molecule has 0 fully saturated rings. The van der Waals surface area contributed by atoms with Crippen LogP contribution in [0.3, 0.4) is 0 Å². The number of hydrogen-bond acceptors (Lipinski definition) is 3. The largest absolute Gasteiger partial charge is 0.394 e. The van der Waals surface area contributed by atoms with Crippen LogP contribution in [0.2, 0.25) is 0 Å². The maximum atomic E-state index is 11.9. The van der Waals surface area contributed by atoms with Crippen LogP contribution < -0.4 is 11.1 Å². The summed E-state index contributed by atoms with van der Waals surface area (Å²) < 4.78 is 0. The molecule has 2 unspecified atom stereocenters. The molecule has 0 spiro atoms. The molecule has 0 saturated carbocycles. The van der Waals surface area contributed by atoms with E-state index in [0.29, 0.717) is 18.9 Å². The third kappa shape index (κ3) is 7.53. The zero-order chi connectivity index (χ0) is 15.1. The average molecular weight is 272 g/mol. The van der Waals surface area contributed by atoms with Crippen molar-refractivity contribution in [3.8, 4) is 0 Å². The molecule has 114 valence electrons. The summed E-state index contributed by atoms with van der Waals surface area (Å²) >= 11 is 0. The van der Waals surface area contributed by atoms with Gasteiger partial charge in [0.05, 0.1) is 12.6 Å². The first-order chi connectivity index (χ1) is 8.72. The SMILES string of the molecule is CC(C)C(CO)NC(=O)CCC(CCN)C(C)(C)C. The first-order valence-electron chi connectivity index (χ1n) is 7.32. The number of hydrogen-bond donors (Lipinski definition) is 3. The standard InChI is InChI=1S/C15H32N2O2/c1-11(2)13(10-18)17-14(19)7-6-12(8-9-16)15(3,4)5/h11-13,18H,6-10,16H2,1-5H3,(H,17,19). The summed E-state index contributed by atoms with van der Waals surface area (Å²) in [6.45, 7) is 11.2. The van der Waals surface area contributed by atoms with Gasteiger partial charge in [0, 0.05) is 6.42 Å². The van der Waals surface area contributed by atoms with Gasteiger partial charge in [-0.1, -0.05) is 34.6 Å². The molecule has 1 amide bonds. The third-order valence-corrected chi connectivity index (χ3v) is 3.81. The molecule has 0 aromatic rings. The third-order valence-electron chi connectivity index (χ3n) is 3.81. The Morgan fingerprint density at radius 2 is 1.84 bits per heavy atom. The molecule has 0 rings (SSSR count). The van der Waals surface area contributed by atoms with Crippen molar-refractivity contribution in [2.75, 3.05) is 13.2 Å². The molecule has 0 aromatic carbocycles. The Labute approximate surface area is 118 Å². The van der Waals surface area contributed by atoms with E-state index in [-0.39, 0.29) is 29.9 Å². The van der Waals surface area contributed by atoms with E-state index in [2.05, 4.69) is 26.1 Å². The molecule has 0 radical (unpaired) electrons. The zero-order valence-electron chi connectivity index (χ0n) is 13.2. The number of carbonyl (C=O) groups is 1.